The fourth-order valence-electron chi connectivity index (χ4n) is 3.64. The van der Waals surface area contributed by atoms with Gasteiger partial charge in [0, 0.05) is 0 Å². The van der Waals surface area contributed by atoms with Gasteiger partial charge in [0.15, 0.2) is 0 Å². The fourth-order valence-corrected chi connectivity index (χ4v) is 3.64. The summed E-state index contributed by atoms with van der Waals surface area (Å²) in [5.74, 6) is 0.206. The van der Waals surface area contributed by atoms with E-state index in [9.17, 15) is 9.59 Å². The Hall–Kier alpha value is -4.57. The van der Waals surface area contributed by atoms with Crippen LogP contribution in [0.2, 0.25) is 0 Å². The van der Waals surface area contributed by atoms with Crippen molar-refractivity contribution in [3.8, 4) is 17.6 Å². The van der Waals surface area contributed by atoms with E-state index in [4.69, 9.17) is 14.7 Å². The molecule has 7 nitrogen and oxygen atoms in total. The summed E-state index contributed by atoms with van der Waals surface area (Å²) in [4.78, 5) is 28.2. The molecule has 3 aromatic rings. The SMILES string of the molecule is COc1ccc(C2=C(Nc3cc(C)ccc3OC)C(=O)N(c3ccc(C#N)cc3)C2=O)cc1. The number of benzene rings is 3. The van der Waals surface area contributed by atoms with Gasteiger partial charge in [-0.05, 0) is 66.6 Å². The lowest BCUT2D eigenvalue weighted by molar-refractivity contribution is -0.120. The largest absolute Gasteiger partial charge is 0.497 e. The molecule has 0 spiro atoms. The number of hydrogen-bond donors (Lipinski definition) is 1. The van der Waals surface area contributed by atoms with Crippen LogP contribution < -0.4 is 19.7 Å². The zero-order chi connectivity index (χ0) is 23.5. The quantitative estimate of drug-likeness (QED) is 0.577. The number of nitrogens with zero attached hydrogens (tertiary/aromatic N) is 2. The highest BCUT2D eigenvalue weighted by molar-refractivity contribution is 6.46. The van der Waals surface area contributed by atoms with Crippen LogP contribution in [0.5, 0.6) is 11.5 Å². The summed E-state index contributed by atoms with van der Waals surface area (Å²) in [5.41, 5.74) is 3.28. The number of imide groups is 1. The Morgan fingerprint density at radius 2 is 1.58 bits per heavy atom. The van der Waals surface area contributed by atoms with Crippen LogP contribution in [-0.4, -0.2) is 26.0 Å². The molecule has 2 amide bonds. The third-order valence-corrected chi connectivity index (χ3v) is 5.33. The molecule has 1 aliphatic heterocycles. The summed E-state index contributed by atoms with van der Waals surface area (Å²) < 4.78 is 10.7. The standard InChI is InChI=1S/C26H21N3O4/c1-16-4-13-22(33-3)21(14-16)28-24-23(18-7-11-20(32-2)12-8-18)25(30)29(26(24)31)19-9-5-17(15-27)6-10-19/h4-14,28H,1-3H3. The number of methoxy groups -OCH3 is 2. The number of hydrogen-bond acceptors (Lipinski definition) is 6. The second-order valence-electron chi connectivity index (χ2n) is 7.41. The number of aryl methyl sites for hydroxylation is 1. The Balaban J connectivity index is 1.83. The first-order valence-electron chi connectivity index (χ1n) is 10.2. The molecule has 0 saturated carbocycles. The average molecular weight is 439 g/mol. The molecule has 1 N–H and O–H groups in total. The number of carbonyl (C=O) groups excluding carboxylic acids is 2. The van der Waals surface area contributed by atoms with Crippen molar-refractivity contribution in [2.45, 2.75) is 6.92 Å². The van der Waals surface area contributed by atoms with Crippen molar-refractivity contribution in [2.75, 3.05) is 24.4 Å². The molecule has 0 aromatic heterocycles. The molecule has 0 bridgehead atoms. The van der Waals surface area contributed by atoms with Gasteiger partial charge in [-0.15, -0.1) is 0 Å². The highest BCUT2D eigenvalue weighted by Crippen LogP contribution is 2.36. The van der Waals surface area contributed by atoms with Gasteiger partial charge in [-0.1, -0.05) is 18.2 Å². The normalized spacial score (nSPS) is 13.2. The lowest BCUT2D eigenvalue weighted by atomic mass is 10.0. The van der Waals surface area contributed by atoms with Crippen molar-refractivity contribution in [3.05, 3.63) is 89.1 Å². The minimum atomic E-state index is -0.501. The van der Waals surface area contributed by atoms with E-state index in [-0.39, 0.29) is 11.3 Å². The van der Waals surface area contributed by atoms with Crippen LogP contribution in [0.3, 0.4) is 0 Å². The van der Waals surface area contributed by atoms with Crippen LogP contribution in [0.25, 0.3) is 5.57 Å². The van der Waals surface area contributed by atoms with Gasteiger partial charge in [0.05, 0.1) is 42.8 Å². The smallest absolute Gasteiger partial charge is 0.282 e. The molecule has 0 unspecified atom stereocenters. The third-order valence-electron chi connectivity index (χ3n) is 5.33. The van der Waals surface area contributed by atoms with Crippen molar-refractivity contribution in [1.29, 1.82) is 5.26 Å². The summed E-state index contributed by atoms with van der Waals surface area (Å²) in [6.07, 6.45) is 0. The van der Waals surface area contributed by atoms with Gasteiger partial charge < -0.3 is 14.8 Å². The van der Waals surface area contributed by atoms with Crippen LogP contribution in [0.4, 0.5) is 11.4 Å². The molecule has 164 valence electrons. The van der Waals surface area contributed by atoms with Gasteiger partial charge in [0.1, 0.15) is 17.2 Å². The predicted molar refractivity (Wildman–Crippen MR) is 125 cm³/mol. The Morgan fingerprint density at radius 3 is 2.18 bits per heavy atom. The summed E-state index contributed by atoms with van der Waals surface area (Å²) in [6, 6.07) is 20.8. The molecular weight excluding hydrogens is 418 g/mol. The first kappa shape index (κ1) is 21.7. The maximum absolute atomic E-state index is 13.5. The van der Waals surface area contributed by atoms with Crippen LogP contribution >= 0.6 is 0 Å². The third kappa shape index (κ3) is 4.02. The molecule has 1 aliphatic rings. The van der Waals surface area contributed by atoms with Gasteiger partial charge in [-0.25, -0.2) is 4.90 Å². The topological polar surface area (TPSA) is 91.7 Å². The van der Waals surface area contributed by atoms with Crippen LogP contribution in [0.1, 0.15) is 16.7 Å². The average Bonchev–Trinajstić information content (AvgIpc) is 3.08. The van der Waals surface area contributed by atoms with Crippen molar-refractivity contribution in [1.82, 2.24) is 0 Å². The summed E-state index contributed by atoms with van der Waals surface area (Å²) in [5, 5.41) is 12.2. The van der Waals surface area contributed by atoms with Crippen LogP contribution in [0, 0.1) is 18.3 Å². The zero-order valence-corrected chi connectivity index (χ0v) is 18.4. The summed E-state index contributed by atoms with van der Waals surface area (Å²) >= 11 is 0. The van der Waals surface area contributed by atoms with Crippen molar-refractivity contribution in [3.63, 3.8) is 0 Å². The number of anilines is 2. The number of nitrogens with one attached hydrogen (secondary N) is 1. The minimum Gasteiger partial charge on any atom is -0.497 e. The van der Waals surface area contributed by atoms with E-state index >= 15 is 0 Å². The van der Waals surface area contributed by atoms with Crippen LogP contribution in [-0.2, 0) is 9.59 Å². The Labute approximate surface area is 191 Å². The molecule has 3 aromatic carbocycles. The van der Waals surface area contributed by atoms with E-state index < -0.39 is 11.8 Å². The van der Waals surface area contributed by atoms with E-state index in [1.165, 1.54) is 0 Å². The molecule has 0 radical (unpaired) electrons. The van der Waals surface area contributed by atoms with E-state index in [0.717, 1.165) is 10.5 Å². The van der Waals surface area contributed by atoms with Gasteiger partial charge in [0.25, 0.3) is 11.8 Å². The first-order valence-corrected chi connectivity index (χ1v) is 10.2. The first-order chi connectivity index (χ1) is 16.0. The molecule has 0 saturated heterocycles. The van der Waals surface area contributed by atoms with E-state index in [0.29, 0.717) is 34.0 Å². The predicted octanol–water partition coefficient (Wildman–Crippen LogP) is 4.28. The molecule has 0 fully saturated rings. The number of nitriles is 1. The van der Waals surface area contributed by atoms with Gasteiger partial charge in [0.2, 0.25) is 0 Å². The van der Waals surface area contributed by atoms with Crippen LogP contribution in [0.15, 0.2) is 72.4 Å². The lowest BCUT2D eigenvalue weighted by Gasteiger charge is -2.16. The second kappa shape index (κ2) is 8.89. The van der Waals surface area contributed by atoms with Gasteiger partial charge in [-0.2, -0.15) is 5.26 Å². The maximum Gasteiger partial charge on any atom is 0.282 e. The summed E-state index contributed by atoms with van der Waals surface area (Å²) in [6.45, 7) is 1.92. The van der Waals surface area contributed by atoms with E-state index in [2.05, 4.69) is 5.32 Å². The minimum absolute atomic E-state index is 0.137. The molecule has 7 heteroatoms. The zero-order valence-electron chi connectivity index (χ0n) is 18.4. The number of ether oxygens (including phenoxy) is 2. The molecule has 1 heterocycles. The van der Waals surface area contributed by atoms with Gasteiger partial charge in [-0.3, -0.25) is 9.59 Å². The van der Waals surface area contributed by atoms with Crippen molar-refractivity contribution in [2.24, 2.45) is 0 Å². The Kier molecular flexibility index (Phi) is 5.83. The molecule has 33 heavy (non-hydrogen) atoms. The second-order valence-corrected chi connectivity index (χ2v) is 7.41. The Morgan fingerprint density at radius 1 is 0.879 bits per heavy atom. The highest BCUT2D eigenvalue weighted by atomic mass is 16.5. The lowest BCUT2D eigenvalue weighted by Crippen LogP contribution is -2.32. The number of rotatable bonds is 6. The van der Waals surface area contributed by atoms with E-state index in [1.54, 1.807) is 68.8 Å². The molecule has 4 rings (SSSR count). The van der Waals surface area contributed by atoms with Crippen molar-refractivity contribution >= 4 is 28.8 Å². The number of carbonyl (C=O) groups is 2. The Bertz CT molecular complexity index is 1300. The highest BCUT2D eigenvalue weighted by Gasteiger charge is 2.40. The maximum atomic E-state index is 13.5. The molecule has 0 aliphatic carbocycles. The molecular formula is C26H21N3O4. The molecule has 0 atom stereocenters. The summed E-state index contributed by atoms with van der Waals surface area (Å²) in [7, 11) is 3.10. The fraction of sp³-hybridized carbons (Fsp3) is 0.115. The van der Waals surface area contributed by atoms with E-state index in [1.807, 2.05) is 25.1 Å². The monoisotopic (exact) mass is 439 g/mol. The number of amides is 2. The van der Waals surface area contributed by atoms with Crippen molar-refractivity contribution < 1.29 is 19.1 Å². The van der Waals surface area contributed by atoms with Gasteiger partial charge >= 0.3 is 0 Å².